The Morgan fingerprint density at radius 2 is 1.52 bits per heavy atom. The number of pyridine rings is 1. The van der Waals surface area contributed by atoms with Crippen molar-refractivity contribution in [3.8, 4) is 0 Å². The Hall–Kier alpha value is -2.64. The second kappa shape index (κ2) is 7.65. The molecule has 1 saturated heterocycles. The molecule has 0 saturated carbocycles. The van der Waals surface area contributed by atoms with Crippen molar-refractivity contribution in [1.29, 1.82) is 0 Å². The van der Waals surface area contributed by atoms with Crippen molar-refractivity contribution >= 4 is 32.3 Å². The first-order valence-corrected chi connectivity index (χ1v) is 11.2. The topological polar surface area (TPSA) is 56.8 Å². The van der Waals surface area contributed by atoms with Crippen LogP contribution >= 0.6 is 0 Å². The Morgan fingerprint density at radius 3 is 2.21 bits per heavy atom. The van der Waals surface area contributed by atoms with E-state index in [0.29, 0.717) is 31.1 Å². The molecule has 152 valence electrons. The third-order valence-corrected chi connectivity index (χ3v) is 7.35. The molecule has 1 aromatic heterocycles. The number of benzene rings is 2. The molecule has 1 aliphatic heterocycles. The Balaban J connectivity index is 1.62. The van der Waals surface area contributed by atoms with E-state index >= 15 is 0 Å². The van der Waals surface area contributed by atoms with Gasteiger partial charge in [-0.05, 0) is 31.2 Å². The summed E-state index contributed by atoms with van der Waals surface area (Å²) in [5, 5.41) is 1.71. The van der Waals surface area contributed by atoms with Gasteiger partial charge < -0.3 is 9.80 Å². The molecule has 0 bridgehead atoms. The van der Waals surface area contributed by atoms with Crippen LogP contribution in [0.1, 0.15) is 5.69 Å². The van der Waals surface area contributed by atoms with Gasteiger partial charge in [-0.25, -0.2) is 13.4 Å². The summed E-state index contributed by atoms with van der Waals surface area (Å²) in [7, 11) is 0.356. The van der Waals surface area contributed by atoms with E-state index in [4.69, 9.17) is 0 Å². The van der Waals surface area contributed by atoms with Crippen LogP contribution in [0.5, 0.6) is 0 Å². The number of piperazine rings is 1. The number of fused-ring (bicyclic) bond motifs is 1. The summed E-state index contributed by atoms with van der Waals surface area (Å²) >= 11 is 0. The molecule has 6 nitrogen and oxygen atoms in total. The van der Waals surface area contributed by atoms with E-state index in [9.17, 15) is 8.42 Å². The molecule has 0 atom stereocenters. The summed E-state index contributed by atoms with van der Waals surface area (Å²) in [6.45, 7) is 4.11. The van der Waals surface area contributed by atoms with Gasteiger partial charge in [0, 0.05) is 62.4 Å². The number of hydrogen-bond donors (Lipinski definition) is 0. The maximum absolute atomic E-state index is 13.5. The van der Waals surface area contributed by atoms with Crippen LogP contribution in [0.2, 0.25) is 0 Å². The van der Waals surface area contributed by atoms with Gasteiger partial charge in [0.05, 0.1) is 4.90 Å². The summed E-state index contributed by atoms with van der Waals surface area (Å²) in [5.74, 6) is 0.905. The predicted octanol–water partition coefficient (Wildman–Crippen LogP) is 3.12. The van der Waals surface area contributed by atoms with Crippen molar-refractivity contribution in [2.75, 3.05) is 50.1 Å². The highest BCUT2D eigenvalue weighted by Gasteiger charge is 2.30. The highest BCUT2D eigenvalue weighted by molar-refractivity contribution is 7.89. The van der Waals surface area contributed by atoms with Crippen LogP contribution in [0.15, 0.2) is 59.5 Å². The summed E-state index contributed by atoms with van der Waals surface area (Å²) in [5.41, 5.74) is 1.97. The second-order valence-electron chi connectivity index (χ2n) is 7.55. The molecular formula is C22H26N4O2S. The van der Waals surface area contributed by atoms with Crippen LogP contribution in [-0.2, 0) is 10.0 Å². The third kappa shape index (κ3) is 3.68. The Labute approximate surface area is 172 Å². The van der Waals surface area contributed by atoms with E-state index in [1.54, 1.807) is 10.4 Å². The average Bonchev–Trinajstić information content (AvgIpc) is 2.73. The molecule has 7 heteroatoms. The first kappa shape index (κ1) is 19.7. The van der Waals surface area contributed by atoms with Crippen LogP contribution in [-0.4, -0.2) is 58.0 Å². The maximum atomic E-state index is 13.5. The summed E-state index contributed by atoms with van der Waals surface area (Å²) in [6.07, 6.45) is 0. The quantitative estimate of drug-likeness (QED) is 0.661. The lowest BCUT2D eigenvalue weighted by Gasteiger charge is -2.35. The number of hydrogen-bond acceptors (Lipinski definition) is 5. The fraction of sp³-hybridized carbons (Fsp3) is 0.318. The monoisotopic (exact) mass is 410 g/mol. The van der Waals surface area contributed by atoms with Gasteiger partial charge in [-0.2, -0.15) is 4.31 Å². The molecule has 29 heavy (non-hydrogen) atoms. The van der Waals surface area contributed by atoms with Gasteiger partial charge >= 0.3 is 0 Å². The molecule has 0 unspecified atom stereocenters. The van der Waals surface area contributed by atoms with Crippen LogP contribution in [0.4, 0.5) is 11.5 Å². The standard InChI is InChI=1S/C22H26N4O2S/c1-17-7-4-12-22(23-17)25-13-15-26(16-14-25)29(27,28)21-11-6-8-18-19(21)9-5-10-20(18)24(2)3/h4-12H,13-16H2,1-3H3. The Bertz CT molecular complexity index is 1140. The molecule has 2 heterocycles. The second-order valence-corrected chi connectivity index (χ2v) is 9.46. The van der Waals surface area contributed by atoms with Crippen molar-refractivity contribution in [2.24, 2.45) is 0 Å². The molecule has 4 rings (SSSR count). The highest BCUT2D eigenvalue weighted by Crippen LogP contribution is 2.32. The zero-order valence-corrected chi connectivity index (χ0v) is 17.9. The van der Waals surface area contributed by atoms with Gasteiger partial charge in [0.1, 0.15) is 5.82 Å². The molecule has 0 amide bonds. The van der Waals surface area contributed by atoms with E-state index < -0.39 is 10.0 Å². The molecule has 3 aromatic rings. The average molecular weight is 411 g/mol. The number of rotatable bonds is 4. The zero-order chi connectivity index (χ0) is 20.6. The highest BCUT2D eigenvalue weighted by atomic mass is 32.2. The first-order chi connectivity index (χ1) is 13.9. The Morgan fingerprint density at radius 1 is 0.862 bits per heavy atom. The summed E-state index contributed by atoms with van der Waals surface area (Å²) in [6, 6.07) is 17.3. The van der Waals surface area contributed by atoms with Gasteiger partial charge in [-0.15, -0.1) is 0 Å². The predicted molar refractivity (Wildman–Crippen MR) is 118 cm³/mol. The van der Waals surface area contributed by atoms with Crippen molar-refractivity contribution in [3.63, 3.8) is 0 Å². The largest absolute Gasteiger partial charge is 0.377 e. The normalized spacial score (nSPS) is 15.6. The van der Waals surface area contributed by atoms with Crippen molar-refractivity contribution in [3.05, 3.63) is 60.3 Å². The van der Waals surface area contributed by atoms with Gasteiger partial charge in [0.25, 0.3) is 0 Å². The minimum Gasteiger partial charge on any atom is -0.377 e. The van der Waals surface area contributed by atoms with Crippen molar-refractivity contribution in [2.45, 2.75) is 11.8 Å². The molecular weight excluding hydrogens is 384 g/mol. The van der Waals surface area contributed by atoms with E-state index in [1.807, 2.05) is 74.4 Å². The van der Waals surface area contributed by atoms with Gasteiger partial charge in [0.2, 0.25) is 10.0 Å². The maximum Gasteiger partial charge on any atom is 0.243 e. The smallest absolute Gasteiger partial charge is 0.243 e. The number of anilines is 2. The van der Waals surface area contributed by atoms with Gasteiger partial charge in [0.15, 0.2) is 0 Å². The number of aryl methyl sites for hydroxylation is 1. The van der Waals surface area contributed by atoms with Gasteiger partial charge in [-0.3, -0.25) is 0 Å². The van der Waals surface area contributed by atoms with E-state index in [0.717, 1.165) is 28.0 Å². The molecule has 0 aliphatic carbocycles. The summed E-state index contributed by atoms with van der Waals surface area (Å²) in [4.78, 5) is 9.09. The SMILES string of the molecule is Cc1cccc(N2CCN(S(=O)(=O)c3cccc4c(N(C)C)cccc34)CC2)n1. The first-order valence-electron chi connectivity index (χ1n) is 9.76. The van der Waals surface area contributed by atoms with E-state index in [2.05, 4.69) is 9.88 Å². The number of nitrogens with zero attached hydrogens (tertiary/aromatic N) is 4. The summed E-state index contributed by atoms with van der Waals surface area (Å²) < 4.78 is 28.5. The fourth-order valence-electron chi connectivity index (χ4n) is 3.88. The molecule has 0 spiro atoms. The van der Waals surface area contributed by atoms with Gasteiger partial charge in [-0.1, -0.05) is 30.3 Å². The van der Waals surface area contributed by atoms with Crippen molar-refractivity contribution < 1.29 is 8.42 Å². The van der Waals surface area contributed by atoms with Crippen LogP contribution < -0.4 is 9.80 Å². The van der Waals surface area contributed by atoms with Crippen LogP contribution in [0.25, 0.3) is 10.8 Å². The number of sulfonamides is 1. The lowest BCUT2D eigenvalue weighted by molar-refractivity contribution is 0.384. The molecule has 1 aliphatic rings. The van der Waals surface area contributed by atoms with Crippen molar-refractivity contribution in [1.82, 2.24) is 9.29 Å². The number of aromatic nitrogens is 1. The minimum absolute atomic E-state index is 0.376. The fourth-order valence-corrected chi connectivity index (χ4v) is 5.51. The third-order valence-electron chi connectivity index (χ3n) is 5.39. The van der Waals surface area contributed by atoms with Crippen LogP contribution in [0.3, 0.4) is 0 Å². The van der Waals surface area contributed by atoms with E-state index in [1.165, 1.54) is 0 Å². The lowest BCUT2D eigenvalue weighted by Crippen LogP contribution is -2.49. The molecule has 1 fully saturated rings. The Kier molecular flexibility index (Phi) is 5.19. The van der Waals surface area contributed by atoms with Crippen LogP contribution in [0, 0.1) is 6.92 Å². The van der Waals surface area contributed by atoms with E-state index in [-0.39, 0.29) is 0 Å². The molecule has 0 radical (unpaired) electrons. The minimum atomic E-state index is -3.58. The molecule has 2 aromatic carbocycles. The zero-order valence-electron chi connectivity index (χ0n) is 17.0. The molecule has 0 N–H and O–H groups in total. The lowest BCUT2D eigenvalue weighted by atomic mass is 10.1.